The number of phenolic OH excluding ortho intramolecular Hbond substituents is 1. The summed E-state index contributed by atoms with van der Waals surface area (Å²) >= 11 is 0. The van der Waals surface area contributed by atoms with Gasteiger partial charge >= 0.3 is 11.6 Å². The monoisotopic (exact) mass is 377 g/mol. The first kappa shape index (κ1) is 18.7. The molecule has 0 amide bonds. The number of esters is 1. The molecule has 28 heavy (non-hydrogen) atoms. The van der Waals surface area contributed by atoms with Gasteiger partial charge in [-0.2, -0.15) is 5.26 Å². The molecule has 3 aromatic rings. The predicted molar refractivity (Wildman–Crippen MR) is 101 cm³/mol. The Kier molecular flexibility index (Phi) is 5.42. The van der Waals surface area contributed by atoms with Crippen LogP contribution in [0.4, 0.5) is 0 Å². The standard InChI is InChI=1S/C21H15NO6/c1-26-17-5-2-13(3-6-17)8-14(11-22)21(25)27-12-15-9-20(24)28-19-10-16(23)4-7-18(15)19/h2-10,23H,12H2,1H3. The third-order valence-corrected chi connectivity index (χ3v) is 3.94. The number of carbonyl (C=O) groups is 1. The molecule has 0 saturated carbocycles. The summed E-state index contributed by atoms with van der Waals surface area (Å²) in [5.41, 5.74) is 0.387. The van der Waals surface area contributed by atoms with E-state index in [1.54, 1.807) is 30.3 Å². The van der Waals surface area contributed by atoms with Crippen molar-refractivity contribution in [3.05, 3.63) is 75.7 Å². The van der Waals surface area contributed by atoms with Crippen molar-refractivity contribution in [2.24, 2.45) is 0 Å². The zero-order chi connectivity index (χ0) is 20.1. The fourth-order valence-electron chi connectivity index (χ4n) is 2.56. The molecule has 0 spiro atoms. The highest BCUT2D eigenvalue weighted by atomic mass is 16.5. The molecular weight excluding hydrogens is 362 g/mol. The molecule has 0 aliphatic carbocycles. The second-order valence-corrected chi connectivity index (χ2v) is 5.79. The average molecular weight is 377 g/mol. The third kappa shape index (κ3) is 4.19. The van der Waals surface area contributed by atoms with Crippen LogP contribution in [0.15, 0.2) is 63.3 Å². The van der Waals surface area contributed by atoms with Crippen LogP contribution in [0.3, 0.4) is 0 Å². The Hall–Kier alpha value is -4.05. The van der Waals surface area contributed by atoms with E-state index < -0.39 is 11.6 Å². The molecule has 7 heteroatoms. The average Bonchev–Trinajstić information content (AvgIpc) is 2.69. The molecule has 0 saturated heterocycles. The molecule has 0 aliphatic heterocycles. The maximum absolute atomic E-state index is 12.3. The van der Waals surface area contributed by atoms with Gasteiger partial charge in [0.25, 0.3) is 0 Å². The lowest BCUT2D eigenvalue weighted by atomic mass is 10.1. The SMILES string of the molecule is COc1ccc(C=C(C#N)C(=O)OCc2cc(=O)oc3cc(O)ccc23)cc1. The minimum atomic E-state index is -0.821. The van der Waals surface area contributed by atoms with E-state index in [4.69, 9.17) is 13.9 Å². The molecule has 0 radical (unpaired) electrons. The number of phenols is 1. The molecule has 1 N–H and O–H groups in total. The van der Waals surface area contributed by atoms with Gasteiger partial charge in [0.15, 0.2) is 0 Å². The van der Waals surface area contributed by atoms with Crippen molar-refractivity contribution >= 4 is 23.0 Å². The van der Waals surface area contributed by atoms with E-state index in [2.05, 4.69) is 0 Å². The van der Waals surface area contributed by atoms with Gasteiger partial charge in [-0.25, -0.2) is 9.59 Å². The van der Waals surface area contributed by atoms with Gasteiger partial charge in [-0.05, 0) is 35.9 Å². The van der Waals surface area contributed by atoms with Crippen LogP contribution in [-0.4, -0.2) is 18.2 Å². The molecule has 3 rings (SSSR count). The number of benzene rings is 2. The lowest BCUT2D eigenvalue weighted by Gasteiger charge is -2.07. The number of nitrogens with zero attached hydrogens (tertiary/aromatic N) is 1. The Labute approximate surface area is 159 Å². The van der Waals surface area contributed by atoms with E-state index in [1.165, 1.54) is 31.4 Å². The van der Waals surface area contributed by atoms with E-state index in [1.807, 2.05) is 6.07 Å². The Morgan fingerprint density at radius 3 is 2.64 bits per heavy atom. The van der Waals surface area contributed by atoms with Crippen molar-refractivity contribution in [3.8, 4) is 17.6 Å². The number of rotatable bonds is 5. The summed E-state index contributed by atoms with van der Waals surface area (Å²) in [4.78, 5) is 24.0. The third-order valence-electron chi connectivity index (χ3n) is 3.94. The molecule has 7 nitrogen and oxygen atoms in total. The molecular formula is C21H15NO6. The number of fused-ring (bicyclic) bond motifs is 1. The molecule has 1 heterocycles. The molecule has 0 atom stereocenters. The molecule has 2 aromatic carbocycles. The number of hydrogen-bond acceptors (Lipinski definition) is 7. The minimum absolute atomic E-state index is 0.0565. The summed E-state index contributed by atoms with van der Waals surface area (Å²) < 4.78 is 15.3. The van der Waals surface area contributed by atoms with Gasteiger partial charge in [0, 0.05) is 23.1 Å². The van der Waals surface area contributed by atoms with Crippen LogP contribution in [0.1, 0.15) is 11.1 Å². The molecule has 0 aliphatic rings. The van der Waals surface area contributed by atoms with E-state index in [0.717, 1.165) is 0 Å². The van der Waals surface area contributed by atoms with Crippen LogP contribution >= 0.6 is 0 Å². The van der Waals surface area contributed by atoms with Crippen LogP contribution in [0.5, 0.6) is 11.5 Å². The van der Waals surface area contributed by atoms with Gasteiger partial charge in [0.05, 0.1) is 7.11 Å². The number of carbonyl (C=O) groups excluding carboxylic acids is 1. The second-order valence-electron chi connectivity index (χ2n) is 5.79. The van der Waals surface area contributed by atoms with Gasteiger partial charge in [-0.1, -0.05) is 12.1 Å². The number of nitriles is 1. The number of hydrogen-bond donors (Lipinski definition) is 1. The van der Waals surface area contributed by atoms with E-state index >= 15 is 0 Å². The Morgan fingerprint density at radius 2 is 1.96 bits per heavy atom. The van der Waals surface area contributed by atoms with E-state index in [0.29, 0.717) is 22.3 Å². The fraction of sp³-hybridized carbons (Fsp3) is 0.0952. The van der Waals surface area contributed by atoms with Gasteiger partial charge in [-0.3, -0.25) is 0 Å². The van der Waals surface area contributed by atoms with Crippen LogP contribution < -0.4 is 10.4 Å². The quantitative estimate of drug-likeness (QED) is 0.315. The van der Waals surface area contributed by atoms with E-state index in [9.17, 15) is 20.0 Å². The predicted octanol–water partition coefficient (Wildman–Crippen LogP) is 3.16. The molecule has 140 valence electrons. The maximum atomic E-state index is 12.3. The topological polar surface area (TPSA) is 110 Å². The number of ether oxygens (including phenoxy) is 2. The van der Waals surface area contributed by atoms with Crippen molar-refractivity contribution < 1.29 is 23.8 Å². The van der Waals surface area contributed by atoms with Gasteiger partial charge in [-0.15, -0.1) is 0 Å². The summed E-state index contributed by atoms with van der Waals surface area (Å²) in [6.45, 7) is -0.229. The van der Waals surface area contributed by atoms with Gasteiger partial charge in [0.2, 0.25) is 0 Å². The van der Waals surface area contributed by atoms with Crippen molar-refractivity contribution in [1.82, 2.24) is 0 Å². The minimum Gasteiger partial charge on any atom is -0.508 e. The first-order chi connectivity index (χ1) is 13.5. The fourth-order valence-corrected chi connectivity index (χ4v) is 2.56. The number of aromatic hydroxyl groups is 1. The van der Waals surface area contributed by atoms with E-state index in [-0.39, 0.29) is 23.5 Å². The second kappa shape index (κ2) is 8.10. The Balaban J connectivity index is 1.80. The largest absolute Gasteiger partial charge is 0.508 e. The van der Waals surface area contributed by atoms with Crippen molar-refractivity contribution in [3.63, 3.8) is 0 Å². The molecule has 0 fully saturated rings. The Bertz CT molecular complexity index is 1150. The summed E-state index contributed by atoms with van der Waals surface area (Å²) in [6, 6.07) is 14.1. The van der Waals surface area contributed by atoms with Crippen molar-refractivity contribution in [2.45, 2.75) is 6.61 Å². The van der Waals surface area contributed by atoms with Crippen LogP contribution in [0.2, 0.25) is 0 Å². The van der Waals surface area contributed by atoms with Crippen molar-refractivity contribution in [1.29, 1.82) is 5.26 Å². The van der Waals surface area contributed by atoms with Crippen LogP contribution in [-0.2, 0) is 16.1 Å². The lowest BCUT2D eigenvalue weighted by Crippen LogP contribution is -2.09. The summed E-state index contributed by atoms with van der Waals surface area (Å²) in [5, 5.41) is 19.3. The smallest absolute Gasteiger partial charge is 0.349 e. The maximum Gasteiger partial charge on any atom is 0.349 e. The highest BCUT2D eigenvalue weighted by Gasteiger charge is 2.13. The van der Waals surface area contributed by atoms with Crippen LogP contribution in [0, 0.1) is 11.3 Å². The number of methoxy groups -OCH3 is 1. The normalized spacial score (nSPS) is 11.1. The summed E-state index contributed by atoms with van der Waals surface area (Å²) in [5.74, 6) is -0.225. The zero-order valence-electron chi connectivity index (χ0n) is 14.8. The first-order valence-electron chi connectivity index (χ1n) is 8.19. The highest BCUT2D eigenvalue weighted by molar-refractivity contribution is 5.98. The molecule has 0 bridgehead atoms. The highest BCUT2D eigenvalue weighted by Crippen LogP contribution is 2.22. The van der Waals surface area contributed by atoms with Gasteiger partial charge in [0.1, 0.15) is 35.3 Å². The molecule has 1 aromatic heterocycles. The first-order valence-corrected chi connectivity index (χ1v) is 8.19. The van der Waals surface area contributed by atoms with Crippen molar-refractivity contribution in [2.75, 3.05) is 7.11 Å². The van der Waals surface area contributed by atoms with Crippen LogP contribution in [0.25, 0.3) is 17.0 Å². The lowest BCUT2D eigenvalue weighted by molar-refractivity contribution is -0.139. The summed E-state index contributed by atoms with van der Waals surface area (Å²) in [7, 11) is 1.54. The summed E-state index contributed by atoms with van der Waals surface area (Å²) in [6.07, 6.45) is 1.40. The van der Waals surface area contributed by atoms with Gasteiger partial charge < -0.3 is 19.0 Å². The zero-order valence-corrected chi connectivity index (χ0v) is 14.8. The molecule has 0 unspecified atom stereocenters. The Morgan fingerprint density at radius 1 is 1.21 bits per heavy atom.